The van der Waals surface area contributed by atoms with E-state index < -0.39 is 0 Å². The standard InChI is InChI=1S/C25H29N5O/c1-4-29-20-10-9-18(14-21(20)30(5-2)25(29)31)23-22(17-8-6-7-16(3)13-17)27-24(28-23)19-11-12-26-15-19/h6-10,13-14,19,26H,4-5,11-12,15H2,1-3H3,(H,27,28)/t19-/m1/s1. The van der Waals surface area contributed by atoms with Crippen molar-refractivity contribution in [2.24, 2.45) is 0 Å². The van der Waals surface area contributed by atoms with Crippen molar-refractivity contribution < 1.29 is 0 Å². The number of benzene rings is 2. The fourth-order valence-electron chi connectivity index (χ4n) is 4.77. The molecule has 1 aliphatic heterocycles. The maximum atomic E-state index is 12.8. The molecule has 1 fully saturated rings. The zero-order valence-electron chi connectivity index (χ0n) is 18.4. The second-order valence-electron chi connectivity index (χ2n) is 8.38. The van der Waals surface area contributed by atoms with Crippen LogP contribution in [0, 0.1) is 6.92 Å². The van der Waals surface area contributed by atoms with Crippen molar-refractivity contribution in [2.75, 3.05) is 13.1 Å². The summed E-state index contributed by atoms with van der Waals surface area (Å²) in [6.45, 7) is 9.44. The Hall–Kier alpha value is -3.12. The molecule has 31 heavy (non-hydrogen) atoms. The van der Waals surface area contributed by atoms with Gasteiger partial charge in [-0.05, 0) is 51.9 Å². The lowest BCUT2D eigenvalue weighted by atomic mass is 10.0. The molecule has 4 aromatic rings. The topological polar surface area (TPSA) is 67.6 Å². The van der Waals surface area contributed by atoms with Crippen LogP contribution in [0.2, 0.25) is 0 Å². The molecule has 160 valence electrons. The number of aromatic amines is 1. The molecule has 2 N–H and O–H groups in total. The Labute approximate surface area is 181 Å². The largest absolute Gasteiger partial charge is 0.341 e. The summed E-state index contributed by atoms with van der Waals surface area (Å²) in [5.41, 5.74) is 7.39. The number of rotatable bonds is 5. The number of aryl methyl sites for hydroxylation is 3. The zero-order valence-corrected chi connectivity index (χ0v) is 18.4. The molecule has 0 radical (unpaired) electrons. The molecule has 0 amide bonds. The fourth-order valence-corrected chi connectivity index (χ4v) is 4.77. The summed E-state index contributed by atoms with van der Waals surface area (Å²) in [7, 11) is 0. The molecule has 0 aliphatic carbocycles. The Kier molecular flexibility index (Phi) is 5.02. The number of aromatic nitrogens is 4. The highest BCUT2D eigenvalue weighted by atomic mass is 16.1. The smallest absolute Gasteiger partial charge is 0.329 e. The van der Waals surface area contributed by atoms with Crippen molar-refractivity contribution in [2.45, 2.75) is 46.2 Å². The minimum atomic E-state index is 0.0541. The third-order valence-electron chi connectivity index (χ3n) is 6.40. The lowest BCUT2D eigenvalue weighted by molar-refractivity contribution is 0.671. The summed E-state index contributed by atoms with van der Waals surface area (Å²) < 4.78 is 3.69. The van der Waals surface area contributed by atoms with Crippen molar-refractivity contribution in [3.8, 4) is 22.5 Å². The van der Waals surface area contributed by atoms with Crippen LogP contribution in [0.4, 0.5) is 0 Å². The zero-order chi connectivity index (χ0) is 21.5. The number of H-pyrrole nitrogens is 1. The van der Waals surface area contributed by atoms with Crippen LogP contribution in [0.3, 0.4) is 0 Å². The van der Waals surface area contributed by atoms with Crippen LogP contribution in [0.25, 0.3) is 33.5 Å². The van der Waals surface area contributed by atoms with Gasteiger partial charge >= 0.3 is 5.69 Å². The Bertz CT molecular complexity index is 1300. The van der Waals surface area contributed by atoms with Crippen LogP contribution in [0.15, 0.2) is 47.3 Å². The minimum Gasteiger partial charge on any atom is -0.341 e. The Morgan fingerprint density at radius 3 is 2.55 bits per heavy atom. The molecule has 2 aromatic heterocycles. The molecule has 0 bridgehead atoms. The molecule has 0 unspecified atom stereocenters. The van der Waals surface area contributed by atoms with Gasteiger partial charge in [0.2, 0.25) is 0 Å². The van der Waals surface area contributed by atoms with E-state index in [9.17, 15) is 4.79 Å². The molecule has 1 aliphatic rings. The highest BCUT2D eigenvalue weighted by Crippen LogP contribution is 2.34. The van der Waals surface area contributed by atoms with Gasteiger partial charge in [0.25, 0.3) is 0 Å². The first-order valence-electron chi connectivity index (χ1n) is 11.2. The predicted octanol–water partition coefficient (Wildman–Crippen LogP) is 4.29. The van der Waals surface area contributed by atoms with Crippen LogP contribution in [-0.4, -0.2) is 32.2 Å². The quantitative estimate of drug-likeness (QED) is 0.511. The molecule has 2 aromatic carbocycles. The lowest BCUT2D eigenvalue weighted by Gasteiger charge is -2.06. The van der Waals surface area contributed by atoms with Crippen LogP contribution in [0.5, 0.6) is 0 Å². The second kappa shape index (κ2) is 7.85. The summed E-state index contributed by atoms with van der Waals surface area (Å²) in [5, 5.41) is 3.44. The third kappa shape index (κ3) is 3.31. The van der Waals surface area contributed by atoms with Gasteiger partial charge in [-0.15, -0.1) is 0 Å². The molecule has 3 heterocycles. The van der Waals surface area contributed by atoms with Gasteiger partial charge < -0.3 is 10.3 Å². The first kappa shape index (κ1) is 19.8. The fraction of sp³-hybridized carbons (Fsp3) is 0.360. The summed E-state index contributed by atoms with van der Waals surface area (Å²) in [5.74, 6) is 1.44. The summed E-state index contributed by atoms with van der Waals surface area (Å²) in [6, 6.07) is 14.8. The van der Waals surface area contributed by atoms with Gasteiger partial charge in [0.05, 0.1) is 22.4 Å². The summed E-state index contributed by atoms with van der Waals surface area (Å²) in [4.78, 5) is 21.5. The number of hydrogen-bond acceptors (Lipinski definition) is 3. The minimum absolute atomic E-state index is 0.0541. The second-order valence-corrected chi connectivity index (χ2v) is 8.38. The maximum absolute atomic E-state index is 12.8. The molecule has 6 nitrogen and oxygen atoms in total. The van der Waals surface area contributed by atoms with Crippen LogP contribution in [0.1, 0.15) is 37.6 Å². The highest BCUT2D eigenvalue weighted by Gasteiger charge is 2.24. The molecular formula is C25H29N5O. The van der Waals surface area contributed by atoms with E-state index in [0.717, 1.165) is 58.9 Å². The summed E-state index contributed by atoms with van der Waals surface area (Å²) in [6.07, 6.45) is 1.09. The summed E-state index contributed by atoms with van der Waals surface area (Å²) >= 11 is 0. The van der Waals surface area contributed by atoms with E-state index in [0.29, 0.717) is 19.0 Å². The number of imidazole rings is 2. The number of fused-ring (bicyclic) bond motifs is 1. The molecule has 0 spiro atoms. The average Bonchev–Trinajstić information content (AvgIpc) is 3.50. The van der Waals surface area contributed by atoms with E-state index in [2.05, 4.69) is 59.7 Å². The monoisotopic (exact) mass is 415 g/mol. The van der Waals surface area contributed by atoms with Crippen LogP contribution >= 0.6 is 0 Å². The van der Waals surface area contributed by atoms with Crippen LogP contribution < -0.4 is 11.0 Å². The van der Waals surface area contributed by atoms with E-state index in [4.69, 9.17) is 4.98 Å². The number of hydrogen-bond donors (Lipinski definition) is 2. The molecule has 5 rings (SSSR count). The lowest BCUT2D eigenvalue weighted by Crippen LogP contribution is -2.22. The van der Waals surface area contributed by atoms with Crippen molar-refractivity contribution in [3.63, 3.8) is 0 Å². The third-order valence-corrected chi connectivity index (χ3v) is 6.40. The average molecular weight is 416 g/mol. The normalized spacial score (nSPS) is 16.4. The van der Waals surface area contributed by atoms with Crippen LogP contribution in [-0.2, 0) is 13.1 Å². The van der Waals surface area contributed by atoms with Gasteiger partial charge in [0.1, 0.15) is 5.82 Å². The molecule has 1 saturated heterocycles. The van der Waals surface area contributed by atoms with Crippen molar-refractivity contribution in [1.82, 2.24) is 24.4 Å². The molecule has 1 atom stereocenters. The van der Waals surface area contributed by atoms with Gasteiger partial charge in [-0.3, -0.25) is 9.13 Å². The molecule has 6 heteroatoms. The van der Waals surface area contributed by atoms with E-state index >= 15 is 0 Å². The van der Waals surface area contributed by atoms with E-state index in [1.54, 1.807) is 0 Å². The first-order chi connectivity index (χ1) is 15.1. The van der Waals surface area contributed by atoms with Crippen molar-refractivity contribution in [1.29, 1.82) is 0 Å². The van der Waals surface area contributed by atoms with Gasteiger partial charge in [0.15, 0.2) is 0 Å². The molecular weight excluding hydrogens is 386 g/mol. The number of nitrogens with zero attached hydrogens (tertiary/aromatic N) is 3. The Morgan fingerprint density at radius 1 is 1.03 bits per heavy atom. The van der Waals surface area contributed by atoms with E-state index in [-0.39, 0.29) is 5.69 Å². The highest BCUT2D eigenvalue weighted by molar-refractivity contribution is 5.86. The van der Waals surface area contributed by atoms with E-state index in [1.807, 2.05) is 23.0 Å². The molecule has 0 saturated carbocycles. The number of nitrogens with one attached hydrogen (secondary N) is 2. The Balaban J connectivity index is 1.72. The SMILES string of the molecule is CCn1c(=O)n(CC)c2cc(-c3[nH]c([C@@H]4CCNC4)nc3-c3cccc(C)c3)ccc21. The van der Waals surface area contributed by atoms with Gasteiger partial charge in [0, 0.05) is 36.7 Å². The predicted molar refractivity (Wildman–Crippen MR) is 126 cm³/mol. The Morgan fingerprint density at radius 2 is 1.84 bits per heavy atom. The van der Waals surface area contributed by atoms with E-state index in [1.165, 1.54) is 5.56 Å². The van der Waals surface area contributed by atoms with Crippen molar-refractivity contribution >= 4 is 11.0 Å². The van der Waals surface area contributed by atoms with Crippen molar-refractivity contribution in [3.05, 3.63) is 64.3 Å². The first-order valence-corrected chi connectivity index (χ1v) is 11.2. The van der Waals surface area contributed by atoms with Gasteiger partial charge in [-0.1, -0.05) is 29.8 Å². The van der Waals surface area contributed by atoms with Gasteiger partial charge in [-0.2, -0.15) is 0 Å². The maximum Gasteiger partial charge on any atom is 0.329 e. The van der Waals surface area contributed by atoms with Gasteiger partial charge in [-0.25, -0.2) is 9.78 Å².